The summed E-state index contributed by atoms with van der Waals surface area (Å²) in [6.45, 7) is 4.29. The van der Waals surface area contributed by atoms with Crippen molar-refractivity contribution < 1.29 is 13.2 Å². The quantitative estimate of drug-likeness (QED) is 0.883. The zero-order valence-corrected chi connectivity index (χ0v) is 15.5. The minimum atomic E-state index is -3.25. The van der Waals surface area contributed by atoms with Crippen LogP contribution < -0.4 is 5.32 Å². The van der Waals surface area contributed by atoms with E-state index < -0.39 is 9.84 Å². The molecular formula is C17H25ClN2O3S. The van der Waals surface area contributed by atoms with Crippen LogP contribution in [-0.4, -0.2) is 50.2 Å². The molecule has 1 aliphatic heterocycles. The van der Waals surface area contributed by atoms with Gasteiger partial charge in [-0.1, -0.05) is 12.8 Å². The van der Waals surface area contributed by atoms with Gasteiger partial charge in [-0.3, -0.25) is 4.79 Å². The molecule has 1 saturated carbocycles. The molecule has 5 nitrogen and oxygen atoms in total. The molecule has 0 spiro atoms. The monoisotopic (exact) mass is 372 g/mol. The van der Waals surface area contributed by atoms with Crippen molar-refractivity contribution in [3.05, 3.63) is 29.8 Å². The third-order valence-corrected chi connectivity index (χ3v) is 7.21. The Hall–Kier alpha value is -1.11. The van der Waals surface area contributed by atoms with Crippen molar-refractivity contribution in [3.63, 3.8) is 0 Å². The van der Waals surface area contributed by atoms with Crippen LogP contribution >= 0.6 is 12.4 Å². The average Bonchev–Trinajstić information content (AvgIpc) is 3.10. The van der Waals surface area contributed by atoms with Gasteiger partial charge in [0.25, 0.3) is 5.91 Å². The fourth-order valence-corrected chi connectivity index (χ4v) is 5.34. The van der Waals surface area contributed by atoms with Crippen LogP contribution in [0.15, 0.2) is 29.2 Å². The Bertz CT molecular complexity index is 670. The first-order chi connectivity index (χ1) is 11.0. The van der Waals surface area contributed by atoms with E-state index in [2.05, 4.69) is 5.32 Å². The molecule has 1 aromatic rings. The summed E-state index contributed by atoms with van der Waals surface area (Å²) in [5, 5.41) is 3.01. The Morgan fingerprint density at radius 1 is 1.17 bits per heavy atom. The van der Waals surface area contributed by atoms with Gasteiger partial charge >= 0.3 is 0 Å². The van der Waals surface area contributed by atoms with Crippen molar-refractivity contribution in [2.45, 2.75) is 48.8 Å². The van der Waals surface area contributed by atoms with Crippen molar-refractivity contribution in [2.75, 3.05) is 19.6 Å². The minimum Gasteiger partial charge on any atom is -0.333 e. The van der Waals surface area contributed by atoms with Crippen LogP contribution in [0.4, 0.5) is 0 Å². The van der Waals surface area contributed by atoms with E-state index in [1.54, 1.807) is 24.3 Å². The largest absolute Gasteiger partial charge is 0.333 e. The lowest BCUT2D eigenvalue weighted by Crippen LogP contribution is -2.52. The van der Waals surface area contributed by atoms with Gasteiger partial charge in [-0.25, -0.2) is 8.42 Å². The number of nitrogens with one attached hydrogen (secondary N) is 1. The summed E-state index contributed by atoms with van der Waals surface area (Å²) in [6.07, 6.45) is 3.48. The maximum atomic E-state index is 12.6. The summed E-state index contributed by atoms with van der Waals surface area (Å²) in [5.41, 5.74) is 0.559. The molecule has 0 bridgehead atoms. The number of benzene rings is 1. The Labute approximate surface area is 150 Å². The van der Waals surface area contributed by atoms with Crippen LogP contribution in [0.25, 0.3) is 0 Å². The molecule has 0 aromatic heterocycles. The van der Waals surface area contributed by atoms with Crippen molar-refractivity contribution in [3.8, 4) is 0 Å². The van der Waals surface area contributed by atoms with E-state index in [-0.39, 0.29) is 29.6 Å². The molecule has 1 N–H and O–H groups in total. The van der Waals surface area contributed by atoms with E-state index in [0.717, 1.165) is 38.8 Å². The molecule has 0 radical (unpaired) electrons. The SMILES string of the molecule is C[C@H]1CNCCN1C(=O)c1ccc(S(=O)(=O)C2CCCC2)cc1.Cl. The van der Waals surface area contributed by atoms with E-state index in [0.29, 0.717) is 17.0 Å². The fraction of sp³-hybridized carbons (Fsp3) is 0.588. The topological polar surface area (TPSA) is 66.5 Å². The molecule has 1 atom stereocenters. The Morgan fingerprint density at radius 3 is 2.38 bits per heavy atom. The number of piperazine rings is 1. The summed E-state index contributed by atoms with van der Waals surface area (Å²) in [5.74, 6) is -0.0242. The maximum absolute atomic E-state index is 12.6. The number of nitrogens with zero attached hydrogens (tertiary/aromatic N) is 1. The van der Waals surface area contributed by atoms with Gasteiger partial charge < -0.3 is 10.2 Å². The van der Waals surface area contributed by atoms with Crippen LogP contribution in [0.1, 0.15) is 43.0 Å². The van der Waals surface area contributed by atoms with E-state index in [1.165, 1.54) is 0 Å². The zero-order chi connectivity index (χ0) is 16.4. The fourth-order valence-electron chi connectivity index (χ4n) is 3.49. The summed E-state index contributed by atoms with van der Waals surface area (Å²) in [4.78, 5) is 14.8. The third-order valence-electron chi connectivity index (χ3n) is 4.93. The Morgan fingerprint density at radius 2 is 1.79 bits per heavy atom. The second-order valence-electron chi connectivity index (χ2n) is 6.53. The second-order valence-corrected chi connectivity index (χ2v) is 8.76. The predicted molar refractivity (Wildman–Crippen MR) is 96.5 cm³/mol. The third kappa shape index (κ3) is 3.76. The molecule has 134 valence electrons. The van der Waals surface area contributed by atoms with Crippen molar-refractivity contribution >= 4 is 28.2 Å². The number of carbonyl (C=O) groups excluding carboxylic acids is 1. The highest BCUT2D eigenvalue weighted by molar-refractivity contribution is 7.92. The molecule has 1 aliphatic carbocycles. The molecule has 1 saturated heterocycles. The molecule has 1 heterocycles. The number of hydrogen-bond acceptors (Lipinski definition) is 4. The smallest absolute Gasteiger partial charge is 0.254 e. The highest BCUT2D eigenvalue weighted by Crippen LogP contribution is 2.29. The van der Waals surface area contributed by atoms with Crippen LogP contribution in [0.2, 0.25) is 0 Å². The van der Waals surface area contributed by atoms with Crippen molar-refractivity contribution in [1.82, 2.24) is 10.2 Å². The summed E-state index contributed by atoms with van der Waals surface area (Å²) in [6, 6.07) is 6.64. The lowest BCUT2D eigenvalue weighted by atomic mass is 10.1. The van der Waals surface area contributed by atoms with E-state index in [9.17, 15) is 13.2 Å². The molecule has 2 aliphatic rings. The summed E-state index contributed by atoms with van der Waals surface area (Å²) in [7, 11) is -3.25. The van der Waals surface area contributed by atoms with Crippen molar-refractivity contribution in [1.29, 1.82) is 0 Å². The normalized spacial score (nSPS) is 22.2. The molecule has 0 unspecified atom stereocenters. The summed E-state index contributed by atoms with van der Waals surface area (Å²) >= 11 is 0. The van der Waals surface area contributed by atoms with E-state index >= 15 is 0 Å². The maximum Gasteiger partial charge on any atom is 0.254 e. The summed E-state index contributed by atoms with van der Waals surface area (Å²) < 4.78 is 25.1. The Balaban J connectivity index is 0.00000208. The number of rotatable bonds is 3. The Kier molecular flexibility index (Phi) is 6.28. The van der Waals surface area contributed by atoms with Gasteiger partial charge in [0, 0.05) is 31.2 Å². The number of carbonyl (C=O) groups is 1. The van der Waals surface area contributed by atoms with E-state index in [1.807, 2.05) is 11.8 Å². The lowest BCUT2D eigenvalue weighted by Gasteiger charge is -2.34. The van der Waals surface area contributed by atoms with Gasteiger partial charge in [-0.2, -0.15) is 0 Å². The first-order valence-corrected chi connectivity index (χ1v) is 9.90. The molecule has 1 aromatic carbocycles. The number of sulfone groups is 1. The number of hydrogen-bond donors (Lipinski definition) is 1. The standard InChI is InChI=1S/C17H24N2O3S.ClH/c1-13-12-18-10-11-19(13)17(20)14-6-8-16(9-7-14)23(21,22)15-4-2-3-5-15;/h6-9,13,15,18H,2-5,10-12H2,1H3;1H/t13-;/m0./s1. The lowest BCUT2D eigenvalue weighted by molar-refractivity contribution is 0.0655. The van der Waals surface area contributed by atoms with Gasteiger partial charge in [-0.05, 0) is 44.0 Å². The van der Waals surface area contributed by atoms with Crippen LogP contribution in [0, 0.1) is 0 Å². The van der Waals surface area contributed by atoms with Crippen molar-refractivity contribution in [2.24, 2.45) is 0 Å². The predicted octanol–water partition coefficient (Wildman–Crippen LogP) is 2.26. The number of halogens is 1. The molecule has 7 heteroatoms. The minimum absolute atomic E-state index is 0. The molecular weight excluding hydrogens is 348 g/mol. The highest BCUT2D eigenvalue weighted by Gasteiger charge is 2.30. The molecule has 3 rings (SSSR count). The second kappa shape index (κ2) is 7.85. The molecule has 24 heavy (non-hydrogen) atoms. The van der Waals surface area contributed by atoms with Gasteiger partial charge in [0.15, 0.2) is 9.84 Å². The number of amides is 1. The van der Waals surface area contributed by atoms with Crippen LogP contribution in [-0.2, 0) is 9.84 Å². The molecule has 2 fully saturated rings. The van der Waals surface area contributed by atoms with Crippen LogP contribution in [0.3, 0.4) is 0 Å². The van der Waals surface area contributed by atoms with Gasteiger partial charge in [-0.15, -0.1) is 12.4 Å². The van der Waals surface area contributed by atoms with Gasteiger partial charge in [0.1, 0.15) is 0 Å². The van der Waals surface area contributed by atoms with E-state index in [4.69, 9.17) is 0 Å². The molecule has 1 amide bonds. The van der Waals surface area contributed by atoms with Gasteiger partial charge in [0.2, 0.25) is 0 Å². The average molecular weight is 373 g/mol. The highest BCUT2D eigenvalue weighted by atomic mass is 35.5. The van der Waals surface area contributed by atoms with Crippen LogP contribution in [0.5, 0.6) is 0 Å². The van der Waals surface area contributed by atoms with Gasteiger partial charge in [0.05, 0.1) is 10.1 Å². The zero-order valence-electron chi connectivity index (χ0n) is 13.9. The first-order valence-electron chi connectivity index (χ1n) is 8.36. The first kappa shape index (κ1) is 19.2.